The van der Waals surface area contributed by atoms with Crippen LogP contribution in [0.4, 0.5) is 18.0 Å². The van der Waals surface area contributed by atoms with Crippen molar-refractivity contribution in [1.29, 1.82) is 0 Å². The summed E-state index contributed by atoms with van der Waals surface area (Å²) in [5.74, 6) is -0.354. The molecule has 0 saturated carbocycles. The van der Waals surface area contributed by atoms with Gasteiger partial charge in [0.25, 0.3) is 0 Å². The van der Waals surface area contributed by atoms with E-state index in [4.69, 9.17) is 0 Å². The first kappa shape index (κ1) is 22.3. The van der Waals surface area contributed by atoms with Gasteiger partial charge in [-0.1, -0.05) is 48.5 Å². The molecular formula is C21H24F3N3O2. The van der Waals surface area contributed by atoms with Gasteiger partial charge in [0.2, 0.25) is 5.91 Å². The lowest BCUT2D eigenvalue weighted by atomic mass is 10.1. The number of amides is 3. The molecular weight excluding hydrogens is 383 g/mol. The van der Waals surface area contributed by atoms with Crippen LogP contribution in [-0.2, 0) is 24.1 Å². The number of rotatable bonds is 7. The molecule has 2 aromatic rings. The van der Waals surface area contributed by atoms with Crippen molar-refractivity contribution in [2.75, 3.05) is 20.6 Å². The van der Waals surface area contributed by atoms with E-state index < -0.39 is 11.7 Å². The van der Waals surface area contributed by atoms with Gasteiger partial charge in [0.05, 0.1) is 5.56 Å². The van der Waals surface area contributed by atoms with E-state index in [9.17, 15) is 22.8 Å². The van der Waals surface area contributed by atoms with Crippen LogP contribution in [0, 0.1) is 0 Å². The third-order valence-corrected chi connectivity index (χ3v) is 4.38. The predicted molar refractivity (Wildman–Crippen MR) is 104 cm³/mol. The van der Waals surface area contributed by atoms with Crippen molar-refractivity contribution in [3.8, 4) is 0 Å². The summed E-state index contributed by atoms with van der Waals surface area (Å²) in [4.78, 5) is 27.1. The SMILES string of the molecule is CN(Cc1ccccc1C(F)(F)F)C(=O)CCNC(=O)N(C)Cc1ccccc1. The summed E-state index contributed by atoms with van der Waals surface area (Å²) in [5, 5.41) is 2.65. The van der Waals surface area contributed by atoms with Crippen molar-refractivity contribution < 1.29 is 22.8 Å². The van der Waals surface area contributed by atoms with E-state index in [1.807, 2.05) is 30.3 Å². The molecule has 0 fully saturated rings. The number of hydrogen-bond acceptors (Lipinski definition) is 2. The molecule has 0 aromatic heterocycles. The van der Waals surface area contributed by atoms with Gasteiger partial charge in [-0.3, -0.25) is 4.79 Å². The van der Waals surface area contributed by atoms with E-state index in [0.29, 0.717) is 6.54 Å². The molecule has 1 N–H and O–H groups in total. The molecule has 0 radical (unpaired) electrons. The van der Waals surface area contributed by atoms with Crippen molar-refractivity contribution in [3.05, 3.63) is 71.3 Å². The molecule has 2 rings (SSSR count). The number of carbonyl (C=O) groups is 2. The number of urea groups is 1. The summed E-state index contributed by atoms with van der Waals surface area (Å²) in [6.45, 7) is 0.368. The average Bonchev–Trinajstić information content (AvgIpc) is 2.68. The van der Waals surface area contributed by atoms with Gasteiger partial charge >= 0.3 is 12.2 Å². The molecule has 3 amide bonds. The number of alkyl halides is 3. The summed E-state index contributed by atoms with van der Waals surface area (Å²) in [7, 11) is 3.09. The summed E-state index contributed by atoms with van der Waals surface area (Å²) >= 11 is 0. The molecule has 8 heteroatoms. The van der Waals surface area contributed by atoms with E-state index in [1.165, 1.54) is 35.0 Å². The number of hydrogen-bond donors (Lipinski definition) is 1. The van der Waals surface area contributed by atoms with Crippen molar-refractivity contribution in [1.82, 2.24) is 15.1 Å². The third kappa shape index (κ3) is 6.81. The van der Waals surface area contributed by atoms with Gasteiger partial charge in [-0.2, -0.15) is 13.2 Å². The second kappa shape index (κ2) is 9.95. The van der Waals surface area contributed by atoms with Crippen molar-refractivity contribution >= 4 is 11.9 Å². The lowest BCUT2D eigenvalue weighted by Gasteiger charge is -2.21. The zero-order chi connectivity index (χ0) is 21.4. The highest BCUT2D eigenvalue weighted by molar-refractivity contribution is 5.78. The number of nitrogens with zero attached hydrogens (tertiary/aromatic N) is 2. The highest BCUT2D eigenvalue weighted by Gasteiger charge is 2.33. The van der Waals surface area contributed by atoms with Gasteiger partial charge < -0.3 is 15.1 Å². The van der Waals surface area contributed by atoms with Crippen molar-refractivity contribution in [2.45, 2.75) is 25.7 Å². The maximum absolute atomic E-state index is 13.1. The zero-order valence-corrected chi connectivity index (χ0v) is 16.4. The summed E-state index contributed by atoms with van der Waals surface area (Å²) in [6, 6.07) is 14.3. The van der Waals surface area contributed by atoms with Crippen LogP contribution in [0.5, 0.6) is 0 Å². The molecule has 0 atom stereocenters. The fourth-order valence-electron chi connectivity index (χ4n) is 2.81. The molecule has 0 unspecified atom stereocenters. The topological polar surface area (TPSA) is 52.7 Å². The van der Waals surface area contributed by atoms with Gasteiger partial charge in [-0.25, -0.2) is 4.79 Å². The first-order valence-corrected chi connectivity index (χ1v) is 9.10. The molecule has 0 heterocycles. The van der Waals surface area contributed by atoms with E-state index in [2.05, 4.69) is 5.32 Å². The molecule has 0 aliphatic rings. The van der Waals surface area contributed by atoms with Gasteiger partial charge in [-0.05, 0) is 17.2 Å². The monoisotopic (exact) mass is 407 g/mol. The van der Waals surface area contributed by atoms with Gasteiger partial charge in [0, 0.05) is 40.2 Å². The number of benzene rings is 2. The second-order valence-electron chi connectivity index (χ2n) is 6.73. The van der Waals surface area contributed by atoms with Crippen LogP contribution in [0.25, 0.3) is 0 Å². The van der Waals surface area contributed by atoms with Gasteiger partial charge in [0.1, 0.15) is 0 Å². The Morgan fingerprint density at radius 2 is 1.52 bits per heavy atom. The normalized spacial score (nSPS) is 11.1. The number of nitrogens with one attached hydrogen (secondary N) is 1. The minimum atomic E-state index is -4.47. The van der Waals surface area contributed by atoms with Crippen LogP contribution in [0.2, 0.25) is 0 Å². The van der Waals surface area contributed by atoms with E-state index in [1.54, 1.807) is 7.05 Å². The molecule has 0 bridgehead atoms. The minimum Gasteiger partial charge on any atom is -0.341 e. The summed E-state index contributed by atoms with van der Waals surface area (Å²) in [6.07, 6.45) is -4.48. The Balaban J connectivity index is 1.81. The lowest BCUT2D eigenvalue weighted by Crippen LogP contribution is -2.39. The minimum absolute atomic E-state index is 0.00436. The first-order valence-electron chi connectivity index (χ1n) is 9.10. The fraction of sp³-hybridized carbons (Fsp3) is 0.333. The maximum Gasteiger partial charge on any atom is 0.416 e. The first-order chi connectivity index (χ1) is 13.7. The molecule has 0 spiro atoms. The maximum atomic E-state index is 13.1. The predicted octanol–water partition coefficient (Wildman–Crippen LogP) is 3.90. The fourth-order valence-corrected chi connectivity index (χ4v) is 2.81. The Hall–Kier alpha value is -3.03. The van der Waals surface area contributed by atoms with Gasteiger partial charge in [0.15, 0.2) is 0 Å². The quantitative estimate of drug-likeness (QED) is 0.757. The van der Waals surface area contributed by atoms with E-state index >= 15 is 0 Å². The highest BCUT2D eigenvalue weighted by Crippen LogP contribution is 2.32. The molecule has 0 aliphatic heterocycles. The molecule has 5 nitrogen and oxygen atoms in total. The Morgan fingerprint density at radius 3 is 2.17 bits per heavy atom. The van der Waals surface area contributed by atoms with Crippen LogP contribution >= 0.6 is 0 Å². The van der Waals surface area contributed by atoms with Crippen molar-refractivity contribution in [2.24, 2.45) is 0 Å². The Kier molecular flexibility index (Phi) is 7.64. The standard InChI is InChI=1S/C21H24F3N3O2/c1-26(15-17-10-6-7-11-18(17)21(22,23)24)19(28)12-13-25-20(29)27(2)14-16-8-4-3-5-9-16/h3-11H,12-15H2,1-2H3,(H,25,29). The zero-order valence-electron chi connectivity index (χ0n) is 16.4. The van der Waals surface area contributed by atoms with Crippen LogP contribution in [0.1, 0.15) is 23.1 Å². The molecule has 0 saturated heterocycles. The summed E-state index contributed by atoms with van der Waals surface area (Å²) < 4.78 is 39.2. The molecule has 0 aliphatic carbocycles. The molecule has 29 heavy (non-hydrogen) atoms. The van der Waals surface area contributed by atoms with E-state index in [0.717, 1.165) is 11.6 Å². The van der Waals surface area contributed by atoms with Crippen LogP contribution in [0.3, 0.4) is 0 Å². The van der Waals surface area contributed by atoms with Gasteiger partial charge in [-0.15, -0.1) is 0 Å². The highest BCUT2D eigenvalue weighted by atomic mass is 19.4. The van der Waals surface area contributed by atoms with Crippen LogP contribution in [0.15, 0.2) is 54.6 Å². The largest absolute Gasteiger partial charge is 0.416 e. The van der Waals surface area contributed by atoms with Crippen LogP contribution in [-0.4, -0.2) is 42.4 Å². The second-order valence-corrected chi connectivity index (χ2v) is 6.73. The van der Waals surface area contributed by atoms with Crippen LogP contribution < -0.4 is 5.32 Å². The molecule has 156 valence electrons. The lowest BCUT2D eigenvalue weighted by molar-refractivity contribution is -0.139. The Labute approximate surface area is 168 Å². The smallest absolute Gasteiger partial charge is 0.341 e. The Bertz CT molecular complexity index is 825. The molecule has 2 aromatic carbocycles. The third-order valence-electron chi connectivity index (χ3n) is 4.38. The summed E-state index contributed by atoms with van der Waals surface area (Å²) in [5.41, 5.74) is 0.252. The van der Waals surface area contributed by atoms with Crippen molar-refractivity contribution in [3.63, 3.8) is 0 Å². The number of carbonyl (C=O) groups excluding carboxylic acids is 2. The van der Waals surface area contributed by atoms with E-state index in [-0.39, 0.29) is 37.0 Å². The number of halogens is 3. The Morgan fingerprint density at radius 1 is 0.897 bits per heavy atom. The average molecular weight is 407 g/mol.